The molecule has 0 saturated heterocycles. The third-order valence-corrected chi connectivity index (χ3v) is 3.59. The van der Waals surface area contributed by atoms with Crippen LogP contribution in [0.4, 0.5) is 11.8 Å². The number of amides is 2. The SMILES string of the molecule is CCC(C(=O)Nc1cc(C)no1)n1ccc(C(=O)Nc2cc(C)no2)n1. The summed E-state index contributed by atoms with van der Waals surface area (Å²) in [6, 6.07) is 4.13. The number of aromatic nitrogens is 4. The number of hydrogen-bond donors (Lipinski definition) is 2. The summed E-state index contributed by atoms with van der Waals surface area (Å²) in [4.78, 5) is 24.7. The Morgan fingerprint density at radius 1 is 1.12 bits per heavy atom. The highest BCUT2D eigenvalue weighted by Gasteiger charge is 2.22. The molecule has 0 bridgehead atoms. The van der Waals surface area contributed by atoms with Crippen molar-refractivity contribution >= 4 is 23.6 Å². The molecule has 0 saturated carbocycles. The molecule has 0 aliphatic rings. The number of nitrogens with zero attached hydrogens (tertiary/aromatic N) is 4. The van der Waals surface area contributed by atoms with Gasteiger partial charge in [0.15, 0.2) is 5.69 Å². The van der Waals surface area contributed by atoms with Gasteiger partial charge in [-0.05, 0) is 26.3 Å². The molecule has 0 fully saturated rings. The molecule has 2 N–H and O–H groups in total. The second kappa shape index (κ2) is 7.21. The average Bonchev–Trinajstić information content (AvgIpc) is 3.31. The molecule has 10 heteroatoms. The van der Waals surface area contributed by atoms with Gasteiger partial charge < -0.3 is 9.05 Å². The molecule has 2 amide bonds. The molecular weight excluding hydrogens is 340 g/mol. The summed E-state index contributed by atoms with van der Waals surface area (Å²) in [5.41, 5.74) is 1.46. The van der Waals surface area contributed by atoms with Crippen LogP contribution in [-0.4, -0.2) is 31.9 Å². The van der Waals surface area contributed by atoms with Crippen LogP contribution in [0, 0.1) is 13.8 Å². The number of carbonyl (C=O) groups excluding carboxylic acids is 2. The Bertz CT molecular complexity index is 925. The summed E-state index contributed by atoms with van der Waals surface area (Å²) < 4.78 is 11.4. The molecule has 3 heterocycles. The molecule has 0 radical (unpaired) electrons. The maximum atomic E-state index is 12.4. The van der Waals surface area contributed by atoms with E-state index in [1.807, 2.05) is 6.92 Å². The van der Waals surface area contributed by atoms with Gasteiger partial charge in [0.05, 0.1) is 11.4 Å². The van der Waals surface area contributed by atoms with Crippen molar-refractivity contribution in [3.8, 4) is 0 Å². The van der Waals surface area contributed by atoms with Gasteiger partial charge in [-0.2, -0.15) is 5.10 Å². The third kappa shape index (κ3) is 3.79. The van der Waals surface area contributed by atoms with Crippen LogP contribution in [0.25, 0.3) is 0 Å². The molecule has 3 aromatic heterocycles. The van der Waals surface area contributed by atoms with Crippen molar-refractivity contribution in [1.29, 1.82) is 0 Å². The van der Waals surface area contributed by atoms with E-state index < -0.39 is 11.9 Å². The van der Waals surface area contributed by atoms with E-state index in [-0.39, 0.29) is 23.4 Å². The van der Waals surface area contributed by atoms with Gasteiger partial charge >= 0.3 is 0 Å². The molecule has 0 aromatic carbocycles. The quantitative estimate of drug-likeness (QED) is 0.692. The fraction of sp³-hybridized carbons (Fsp3) is 0.312. The van der Waals surface area contributed by atoms with Gasteiger partial charge in [0.1, 0.15) is 6.04 Å². The zero-order valence-electron chi connectivity index (χ0n) is 14.5. The maximum absolute atomic E-state index is 12.4. The third-order valence-electron chi connectivity index (χ3n) is 3.59. The van der Waals surface area contributed by atoms with Crippen molar-refractivity contribution in [1.82, 2.24) is 20.1 Å². The van der Waals surface area contributed by atoms with E-state index in [1.54, 1.807) is 32.2 Å². The molecule has 0 aliphatic carbocycles. The van der Waals surface area contributed by atoms with Crippen LogP contribution in [0.1, 0.15) is 41.3 Å². The lowest BCUT2D eigenvalue weighted by Crippen LogP contribution is -2.26. The lowest BCUT2D eigenvalue weighted by Gasteiger charge is -2.14. The van der Waals surface area contributed by atoms with Crippen molar-refractivity contribution in [2.24, 2.45) is 0 Å². The predicted molar refractivity (Wildman–Crippen MR) is 90.6 cm³/mol. The molecule has 1 unspecified atom stereocenters. The van der Waals surface area contributed by atoms with E-state index in [1.165, 1.54) is 10.7 Å². The van der Waals surface area contributed by atoms with Crippen molar-refractivity contribution in [2.75, 3.05) is 10.6 Å². The predicted octanol–water partition coefficient (Wildman–Crippen LogP) is 2.32. The zero-order valence-corrected chi connectivity index (χ0v) is 14.5. The Labute approximate surface area is 148 Å². The van der Waals surface area contributed by atoms with Gasteiger partial charge in [0, 0.05) is 18.3 Å². The fourth-order valence-corrected chi connectivity index (χ4v) is 2.35. The summed E-state index contributed by atoms with van der Waals surface area (Å²) >= 11 is 0. The first kappa shape index (κ1) is 17.4. The number of anilines is 2. The van der Waals surface area contributed by atoms with E-state index in [0.717, 1.165) is 0 Å². The first-order chi connectivity index (χ1) is 12.5. The smallest absolute Gasteiger partial charge is 0.278 e. The minimum Gasteiger partial charge on any atom is -0.338 e. The topological polar surface area (TPSA) is 128 Å². The fourth-order valence-electron chi connectivity index (χ4n) is 2.35. The Kier molecular flexibility index (Phi) is 4.83. The second-order valence-electron chi connectivity index (χ2n) is 5.71. The first-order valence-corrected chi connectivity index (χ1v) is 8.00. The number of carbonyl (C=O) groups is 2. The second-order valence-corrected chi connectivity index (χ2v) is 5.71. The van der Waals surface area contributed by atoms with Crippen molar-refractivity contribution in [2.45, 2.75) is 33.2 Å². The molecular formula is C16H18N6O4. The molecule has 3 rings (SSSR count). The van der Waals surface area contributed by atoms with Gasteiger partial charge in [-0.15, -0.1) is 0 Å². The number of hydrogen-bond acceptors (Lipinski definition) is 7. The summed E-state index contributed by atoms with van der Waals surface area (Å²) in [5.74, 6) is -0.283. The Hall–Kier alpha value is -3.43. The highest BCUT2D eigenvalue weighted by atomic mass is 16.5. The lowest BCUT2D eigenvalue weighted by molar-refractivity contribution is -0.119. The van der Waals surface area contributed by atoms with Crippen LogP contribution < -0.4 is 10.6 Å². The number of nitrogens with one attached hydrogen (secondary N) is 2. The Morgan fingerprint density at radius 2 is 1.73 bits per heavy atom. The molecule has 136 valence electrons. The molecule has 10 nitrogen and oxygen atoms in total. The Balaban J connectivity index is 1.69. The molecule has 0 spiro atoms. The molecule has 3 aromatic rings. The number of rotatable bonds is 6. The van der Waals surface area contributed by atoms with Crippen molar-refractivity contribution < 1.29 is 18.6 Å². The van der Waals surface area contributed by atoms with E-state index in [2.05, 4.69) is 26.0 Å². The van der Waals surface area contributed by atoms with Gasteiger partial charge in [-0.25, -0.2) is 0 Å². The van der Waals surface area contributed by atoms with Crippen LogP contribution in [0.3, 0.4) is 0 Å². The normalized spacial score (nSPS) is 12.0. The van der Waals surface area contributed by atoms with Gasteiger partial charge in [0.2, 0.25) is 11.8 Å². The zero-order chi connectivity index (χ0) is 18.7. The summed E-state index contributed by atoms with van der Waals surface area (Å²) in [5, 5.41) is 16.8. The van der Waals surface area contributed by atoms with E-state index >= 15 is 0 Å². The highest BCUT2D eigenvalue weighted by Crippen LogP contribution is 2.17. The van der Waals surface area contributed by atoms with E-state index in [9.17, 15) is 9.59 Å². The van der Waals surface area contributed by atoms with Crippen LogP contribution in [0.15, 0.2) is 33.4 Å². The largest absolute Gasteiger partial charge is 0.338 e. The maximum Gasteiger partial charge on any atom is 0.278 e. The first-order valence-electron chi connectivity index (χ1n) is 8.00. The minimum absolute atomic E-state index is 0.154. The Morgan fingerprint density at radius 3 is 2.27 bits per heavy atom. The van der Waals surface area contributed by atoms with Gasteiger partial charge in [-0.1, -0.05) is 17.2 Å². The summed E-state index contributed by atoms with van der Waals surface area (Å²) in [6.07, 6.45) is 2.04. The number of aryl methyl sites for hydroxylation is 2. The van der Waals surface area contributed by atoms with Crippen molar-refractivity contribution in [3.63, 3.8) is 0 Å². The average molecular weight is 358 g/mol. The minimum atomic E-state index is -0.602. The summed E-state index contributed by atoms with van der Waals surface area (Å²) in [7, 11) is 0. The van der Waals surface area contributed by atoms with Crippen LogP contribution in [0.5, 0.6) is 0 Å². The van der Waals surface area contributed by atoms with Gasteiger partial charge in [-0.3, -0.25) is 24.9 Å². The van der Waals surface area contributed by atoms with Crippen molar-refractivity contribution in [3.05, 3.63) is 41.5 Å². The van der Waals surface area contributed by atoms with E-state index in [0.29, 0.717) is 17.8 Å². The lowest BCUT2D eigenvalue weighted by atomic mass is 10.2. The summed E-state index contributed by atoms with van der Waals surface area (Å²) in [6.45, 7) is 5.34. The molecule has 1 atom stereocenters. The van der Waals surface area contributed by atoms with Crippen LogP contribution in [0.2, 0.25) is 0 Å². The van der Waals surface area contributed by atoms with E-state index in [4.69, 9.17) is 9.05 Å². The molecule has 0 aliphatic heterocycles. The standard InChI is InChI=1S/C16H18N6O4/c1-4-12(16(24)18-14-8-10(3)21-26-14)22-6-5-11(19-22)15(23)17-13-7-9(2)20-25-13/h5-8,12H,4H2,1-3H3,(H,17,23)(H,18,24). The van der Waals surface area contributed by atoms with Crippen LogP contribution in [-0.2, 0) is 4.79 Å². The monoisotopic (exact) mass is 358 g/mol. The van der Waals surface area contributed by atoms with Crippen LogP contribution >= 0.6 is 0 Å². The highest BCUT2D eigenvalue weighted by molar-refractivity contribution is 6.02. The molecule has 26 heavy (non-hydrogen) atoms. The van der Waals surface area contributed by atoms with Gasteiger partial charge in [0.25, 0.3) is 11.8 Å².